The summed E-state index contributed by atoms with van der Waals surface area (Å²) in [4.78, 5) is 21.5. The number of carbonyl (C=O) groups excluding carboxylic acids is 1. The SMILES string of the molecule is Cc1nc(-c2ccc(C(=O)NC3CCC(O)CC3)cn2)n2ccccc12. The number of rotatable bonds is 3. The van der Waals surface area contributed by atoms with Crippen LogP contribution in [0, 0.1) is 6.92 Å². The van der Waals surface area contributed by atoms with E-state index < -0.39 is 0 Å². The highest BCUT2D eigenvalue weighted by Gasteiger charge is 2.21. The van der Waals surface area contributed by atoms with Crippen LogP contribution in [0.4, 0.5) is 0 Å². The van der Waals surface area contributed by atoms with Crippen LogP contribution in [0.2, 0.25) is 0 Å². The first-order chi connectivity index (χ1) is 12.6. The molecule has 0 radical (unpaired) electrons. The van der Waals surface area contributed by atoms with Gasteiger partial charge in [-0.25, -0.2) is 4.98 Å². The Morgan fingerprint density at radius 3 is 2.73 bits per heavy atom. The van der Waals surface area contributed by atoms with E-state index in [9.17, 15) is 9.90 Å². The number of nitrogens with one attached hydrogen (secondary N) is 1. The number of aliphatic hydroxyl groups excluding tert-OH is 1. The van der Waals surface area contributed by atoms with Gasteiger partial charge in [0.1, 0.15) is 5.69 Å². The number of nitrogens with zero attached hydrogens (tertiary/aromatic N) is 3. The molecule has 1 amide bonds. The van der Waals surface area contributed by atoms with Gasteiger partial charge in [0.2, 0.25) is 0 Å². The van der Waals surface area contributed by atoms with Crippen molar-refractivity contribution >= 4 is 11.4 Å². The van der Waals surface area contributed by atoms with Crippen LogP contribution in [0.3, 0.4) is 0 Å². The average Bonchev–Trinajstić information content (AvgIpc) is 3.01. The maximum Gasteiger partial charge on any atom is 0.253 e. The molecule has 0 aliphatic heterocycles. The number of fused-ring (bicyclic) bond motifs is 1. The first kappa shape index (κ1) is 16.7. The molecule has 6 heteroatoms. The Hall–Kier alpha value is -2.73. The summed E-state index contributed by atoms with van der Waals surface area (Å²) in [7, 11) is 0. The summed E-state index contributed by atoms with van der Waals surface area (Å²) in [5.41, 5.74) is 3.27. The van der Waals surface area contributed by atoms with Crippen molar-refractivity contribution in [3.8, 4) is 11.5 Å². The van der Waals surface area contributed by atoms with Gasteiger partial charge in [0, 0.05) is 18.4 Å². The summed E-state index contributed by atoms with van der Waals surface area (Å²) in [6.07, 6.45) is 6.46. The van der Waals surface area contributed by atoms with Crippen LogP contribution in [0.1, 0.15) is 41.7 Å². The van der Waals surface area contributed by atoms with Crippen LogP contribution in [-0.2, 0) is 0 Å². The minimum absolute atomic E-state index is 0.116. The fourth-order valence-corrected chi connectivity index (χ4v) is 3.52. The van der Waals surface area contributed by atoms with Crippen LogP contribution in [0.5, 0.6) is 0 Å². The quantitative estimate of drug-likeness (QED) is 0.761. The van der Waals surface area contributed by atoms with E-state index in [1.54, 1.807) is 12.3 Å². The van der Waals surface area contributed by atoms with Crippen LogP contribution in [0.25, 0.3) is 17.0 Å². The monoisotopic (exact) mass is 350 g/mol. The number of hydrogen-bond acceptors (Lipinski definition) is 4. The second-order valence-electron chi connectivity index (χ2n) is 6.89. The van der Waals surface area contributed by atoms with Gasteiger partial charge in [-0.2, -0.15) is 0 Å². The van der Waals surface area contributed by atoms with Crippen molar-refractivity contribution < 1.29 is 9.90 Å². The number of pyridine rings is 2. The van der Waals surface area contributed by atoms with Crippen molar-refractivity contribution in [3.63, 3.8) is 0 Å². The average molecular weight is 350 g/mol. The summed E-state index contributed by atoms with van der Waals surface area (Å²) in [5, 5.41) is 12.6. The van der Waals surface area contributed by atoms with Crippen molar-refractivity contribution in [1.29, 1.82) is 0 Å². The van der Waals surface area contributed by atoms with Crippen molar-refractivity contribution in [3.05, 3.63) is 54.0 Å². The van der Waals surface area contributed by atoms with Crippen LogP contribution in [-0.4, -0.2) is 37.5 Å². The second-order valence-corrected chi connectivity index (χ2v) is 6.89. The molecule has 6 nitrogen and oxygen atoms in total. The minimum atomic E-state index is -0.225. The molecule has 0 spiro atoms. The molecule has 0 unspecified atom stereocenters. The van der Waals surface area contributed by atoms with Gasteiger partial charge in [-0.3, -0.25) is 14.2 Å². The van der Waals surface area contributed by atoms with Crippen molar-refractivity contribution in [2.24, 2.45) is 0 Å². The Bertz CT molecular complexity index is 925. The molecule has 3 aromatic rings. The molecule has 0 atom stereocenters. The Kier molecular flexibility index (Phi) is 4.42. The molecule has 0 saturated heterocycles. The standard InChI is InChI=1S/C20H22N4O2/c1-13-18-4-2-3-11-24(18)19(22-13)17-10-5-14(12-21-17)20(26)23-15-6-8-16(25)9-7-15/h2-5,10-12,15-16,25H,6-9H2,1H3,(H,23,26). The topological polar surface area (TPSA) is 79.5 Å². The lowest BCUT2D eigenvalue weighted by Gasteiger charge is -2.26. The molecule has 4 rings (SSSR count). The molecule has 0 aromatic carbocycles. The number of amides is 1. The van der Waals surface area contributed by atoms with E-state index in [1.807, 2.05) is 41.8 Å². The number of carbonyl (C=O) groups is 1. The molecule has 3 aromatic heterocycles. The number of aromatic nitrogens is 3. The predicted molar refractivity (Wildman–Crippen MR) is 98.9 cm³/mol. The van der Waals surface area contributed by atoms with E-state index in [1.165, 1.54) is 0 Å². The lowest BCUT2D eigenvalue weighted by molar-refractivity contribution is 0.0867. The molecule has 26 heavy (non-hydrogen) atoms. The minimum Gasteiger partial charge on any atom is -0.393 e. The lowest BCUT2D eigenvalue weighted by Crippen LogP contribution is -2.38. The molecule has 1 aliphatic carbocycles. The van der Waals surface area contributed by atoms with Gasteiger partial charge in [0.15, 0.2) is 5.82 Å². The molecule has 2 N–H and O–H groups in total. The van der Waals surface area contributed by atoms with Crippen LogP contribution in [0.15, 0.2) is 42.7 Å². The number of imidazole rings is 1. The fourth-order valence-electron chi connectivity index (χ4n) is 3.52. The van der Waals surface area contributed by atoms with Gasteiger partial charge < -0.3 is 10.4 Å². The summed E-state index contributed by atoms with van der Waals surface area (Å²) in [6.45, 7) is 1.97. The third-order valence-electron chi connectivity index (χ3n) is 5.02. The smallest absolute Gasteiger partial charge is 0.253 e. The number of aryl methyl sites for hydroxylation is 1. The van der Waals surface area contributed by atoms with Gasteiger partial charge in [0.05, 0.1) is 22.9 Å². The Morgan fingerprint density at radius 2 is 2.00 bits per heavy atom. The first-order valence-electron chi connectivity index (χ1n) is 9.01. The van der Waals surface area contributed by atoms with E-state index >= 15 is 0 Å². The highest BCUT2D eigenvalue weighted by atomic mass is 16.3. The van der Waals surface area contributed by atoms with E-state index in [4.69, 9.17) is 0 Å². The summed E-state index contributed by atoms with van der Waals surface area (Å²) in [5.74, 6) is 0.654. The zero-order valence-electron chi connectivity index (χ0n) is 14.7. The molecule has 1 fully saturated rings. The van der Waals surface area contributed by atoms with E-state index in [-0.39, 0.29) is 18.1 Å². The van der Waals surface area contributed by atoms with E-state index in [0.717, 1.165) is 48.4 Å². The Labute approximate surface area is 151 Å². The van der Waals surface area contributed by atoms with Gasteiger partial charge in [-0.05, 0) is 56.9 Å². The lowest BCUT2D eigenvalue weighted by atomic mass is 9.93. The number of hydrogen-bond donors (Lipinski definition) is 2. The predicted octanol–water partition coefficient (Wildman–Crippen LogP) is 2.74. The van der Waals surface area contributed by atoms with Crippen LogP contribution < -0.4 is 5.32 Å². The molecule has 1 aliphatic rings. The third kappa shape index (κ3) is 3.20. The normalized spacial score (nSPS) is 20.2. The maximum atomic E-state index is 12.4. The molecule has 0 bridgehead atoms. The highest BCUT2D eigenvalue weighted by molar-refractivity contribution is 5.94. The second kappa shape index (κ2) is 6.88. The fraction of sp³-hybridized carbons (Fsp3) is 0.350. The van der Waals surface area contributed by atoms with Gasteiger partial charge in [-0.15, -0.1) is 0 Å². The summed E-state index contributed by atoms with van der Waals surface area (Å²) >= 11 is 0. The first-order valence-corrected chi connectivity index (χ1v) is 9.01. The molecule has 134 valence electrons. The Balaban J connectivity index is 1.52. The van der Waals surface area contributed by atoms with Gasteiger partial charge in [0.25, 0.3) is 5.91 Å². The van der Waals surface area contributed by atoms with Crippen molar-refractivity contribution in [2.45, 2.75) is 44.8 Å². The zero-order valence-corrected chi connectivity index (χ0v) is 14.7. The molecular formula is C20H22N4O2. The van der Waals surface area contributed by atoms with Gasteiger partial charge >= 0.3 is 0 Å². The number of aliphatic hydroxyl groups is 1. The van der Waals surface area contributed by atoms with Crippen LogP contribution >= 0.6 is 0 Å². The molecule has 3 heterocycles. The highest BCUT2D eigenvalue weighted by Crippen LogP contribution is 2.21. The largest absolute Gasteiger partial charge is 0.393 e. The summed E-state index contributed by atoms with van der Waals surface area (Å²) in [6, 6.07) is 9.72. The van der Waals surface area contributed by atoms with Gasteiger partial charge in [-0.1, -0.05) is 6.07 Å². The maximum absolute atomic E-state index is 12.4. The van der Waals surface area contributed by atoms with E-state index in [0.29, 0.717) is 5.56 Å². The zero-order chi connectivity index (χ0) is 18.1. The van der Waals surface area contributed by atoms with Crippen molar-refractivity contribution in [2.75, 3.05) is 0 Å². The summed E-state index contributed by atoms with van der Waals surface area (Å²) < 4.78 is 2.00. The molecular weight excluding hydrogens is 328 g/mol. The Morgan fingerprint density at radius 1 is 1.19 bits per heavy atom. The molecule has 1 saturated carbocycles. The third-order valence-corrected chi connectivity index (χ3v) is 5.02. The van der Waals surface area contributed by atoms with E-state index in [2.05, 4.69) is 15.3 Å². The van der Waals surface area contributed by atoms with Crippen molar-refractivity contribution in [1.82, 2.24) is 19.7 Å².